The van der Waals surface area contributed by atoms with Gasteiger partial charge in [0, 0.05) is 42.3 Å². The third-order valence-electron chi connectivity index (χ3n) is 5.83. The second kappa shape index (κ2) is 7.90. The number of phenolic OH excluding ortho intramolecular Hbond substituents is 1. The number of nitrogens with zero attached hydrogens (tertiary/aromatic N) is 2. The van der Waals surface area contributed by atoms with E-state index >= 15 is 0 Å². The number of thiophene rings is 1. The van der Waals surface area contributed by atoms with Gasteiger partial charge in [0.1, 0.15) is 5.75 Å². The van der Waals surface area contributed by atoms with Crippen LogP contribution in [0, 0.1) is 0 Å². The van der Waals surface area contributed by atoms with Crippen molar-refractivity contribution in [2.75, 3.05) is 31.1 Å². The molecule has 2 heterocycles. The maximum absolute atomic E-state index is 10.9. The smallest absolute Gasteiger partial charge is 0.121 e. The standard InChI is InChI=1S/C25H24N2OS/c28-22-13-12-19-7-4-5-10-21(19)24(22)25(23-11-6-18-29-23)27-16-14-26(15-17-27)20-8-2-1-3-9-20/h1-13,18,25,28H,14-17H2. The molecule has 0 bridgehead atoms. The molecule has 4 aromatic rings. The van der Waals surface area contributed by atoms with Crippen molar-refractivity contribution in [1.29, 1.82) is 0 Å². The van der Waals surface area contributed by atoms with E-state index in [9.17, 15) is 5.11 Å². The van der Waals surface area contributed by atoms with Gasteiger partial charge in [0.15, 0.2) is 0 Å². The van der Waals surface area contributed by atoms with Crippen LogP contribution in [0.3, 0.4) is 0 Å². The van der Waals surface area contributed by atoms with Gasteiger partial charge in [-0.25, -0.2) is 0 Å². The molecule has 0 aliphatic carbocycles. The molecule has 4 heteroatoms. The zero-order chi connectivity index (χ0) is 19.6. The zero-order valence-electron chi connectivity index (χ0n) is 16.2. The van der Waals surface area contributed by atoms with Crippen LogP contribution in [0.5, 0.6) is 5.75 Å². The summed E-state index contributed by atoms with van der Waals surface area (Å²) >= 11 is 1.77. The lowest BCUT2D eigenvalue weighted by Gasteiger charge is -2.40. The first-order chi connectivity index (χ1) is 14.3. The van der Waals surface area contributed by atoms with Gasteiger partial charge in [0.2, 0.25) is 0 Å². The molecule has 3 nitrogen and oxygen atoms in total. The first-order valence-corrected chi connectivity index (χ1v) is 11.0. The molecule has 1 N–H and O–H groups in total. The summed E-state index contributed by atoms with van der Waals surface area (Å²) < 4.78 is 0. The van der Waals surface area contributed by atoms with Crippen LogP contribution in [0.2, 0.25) is 0 Å². The third kappa shape index (κ3) is 3.50. The maximum Gasteiger partial charge on any atom is 0.121 e. The van der Waals surface area contributed by atoms with E-state index in [0.717, 1.165) is 37.1 Å². The molecule has 1 saturated heterocycles. The number of phenols is 1. The van der Waals surface area contributed by atoms with Gasteiger partial charge in [-0.2, -0.15) is 0 Å². The predicted molar refractivity (Wildman–Crippen MR) is 122 cm³/mol. The molecule has 1 aromatic heterocycles. The maximum atomic E-state index is 10.9. The minimum Gasteiger partial charge on any atom is -0.508 e. The Hall–Kier alpha value is -2.82. The number of piperazine rings is 1. The highest BCUT2D eigenvalue weighted by molar-refractivity contribution is 7.10. The van der Waals surface area contributed by atoms with Crippen LogP contribution >= 0.6 is 11.3 Å². The van der Waals surface area contributed by atoms with Crippen LogP contribution in [0.25, 0.3) is 10.8 Å². The molecular formula is C25H24N2OS. The highest BCUT2D eigenvalue weighted by Crippen LogP contribution is 2.41. The van der Waals surface area contributed by atoms with Crippen molar-refractivity contribution in [3.63, 3.8) is 0 Å². The molecule has 5 rings (SSSR count). The van der Waals surface area contributed by atoms with Crippen molar-refractivity contribution in [3.8, 4) is 5.75 Å². The van der Waals surface area contributed by atoms with Crippen LogP contribution in [0.4, 0.5) is 5.69 Å². The average molecular weight is 401 g/mol. The summed E-state index contributed by atoms with van der Waals surface area (Å²) in [6.07, 6.45) is 0. The second-order valence-corrected chi connectivity index (χ2v) is 8.48. The molecule has 0 radical (unpaired) electrons. The van der Waals surface area contributed by atoms with E-state index in [2.05, 4.69) is 81.9 Å². The number of anilines is 1. The molecule has 29 heavy (non-hydrogen) atoms. The highest BCUT2D eigenvalue weighted by Gasteiger charge is 2.30. The Bertz CT molecular complexity index is 1090. The highest BCUT2D eigenvalue weighted by atomic mass is 32.1. The molecule has 1 unspecified atom stereocenters. The lowest BCUT2D eigenvalue weighted by Crippen LogP contribution is -2.47. The fraction of sp³-hybridized carbons (Fsp3) is 0.200. The summed E-state index contributed by atoms with van der Waals surface area (Å²) in [6.45, 7) is 3.88. The topological polar surface area (TPSA) is 26.7 Å². The summed E-state index contributed by atoms with van der Waals surface area (Å²) in [5, 5.41) is 15.3. The van der Waals surface area contributed by atoms with E-state index in [1.165, 1.54) is 16.0 Å². The minimum absolute atomic E-state index is 0.0685. The van der Waals surface area contributed by atoms with Crippen LogP contribution in [0.15, 0.2) is 84.2 Å². The number of fused-ring (bicyclic) bond motifs is 1. The molecular weight excluding hydrogens is 376 g/mol. The van der Waals surface area contributed by atoms with E-state index in [1.54, 1.807) is 11.3 Å². The van der Waals surface area contributed by atoms with Gasteiger partial charge < -0.3 is 10.0 Å². The van der Waals surface area contributed by atoms with Gasteiger partial charge in [-0.3, -0.25) is 4.90 Å². The van der Waals surface area contributed by atoms with E-state index in [-0.39, 0.29) is 6.04 Å². The summed E-state index contributed by atoms with van der Waals surface area (Å²) in [5.41, 5.74) is 2.31. The molecule has 3 aromatic carbocycles. The molecule has 1 aliphatic heterocycles. The van der Waals surface area contributed by atoms with Crippen molar-refractivity contribution in [1.82, 2.24) is 4.90 Å². The van der Waals surface area contributed by atoms with Gasteiger partial charge in [0.25, 0.3) is 0 Å². The van der Waals surface area contributed by atoms with Gasteiger partial charge >= 0.3 is 0 Å². The van der Waals surface area contributed by atoms with Crippen LogP contribution in [0.1, 0.15) is 16.5 Å². The number of benzene rings is 3. The average Bonchev–Trinajstić information content (AvgIpc) is 3.31. The lowest BCUT2D eigenvalue weighted by atomic mass is 9.95. The molecule has 0 amide bonds. The number of aromatic hydroxyl groups is 1. The molecule has 1 fully saturated rings. The third-order valence-corrected chi connectivity index (χ3v) is 6.76. The SMILES string of the molecule is Oc1ccc2ccccc2c1C(c1cccs1)N1CCN(c2ccccc2)CC1. The summed E-state index contributed by atoms with van der Waals surface area (Å²) in [5.74, 6) is 0.382. The normalized spacial score (nSPS) is 16.2. The Labute approximate surface area is 175 Å². The monoisotopic (exact) mass is 400 g/mol. The number of rotatable bonds is 4. The molecule has 1 atom stereocenters. The first-order valence-electron chi connectivity index (χ1n) is 10.1. The van der Waals surface area contributed by atoms with Gasteiger partial charge in [-0.05, 0) is 40.4 Å². The first kappa shape index (κ1) is 18.2. The summed E-state index contributed by atoms with van der Waals surface area (Å²) in [7, 11) is 0. The lowest BCUT2D eigenvalue weighted by molar-refractivity contribution is 0.213. The molecule has 146 valence electrons. The largest absolute Gasteiger partial charge is 0.508 e. The Balaban J connectivity index is 1.51. The Kier molecular flexibility index (Phi) is 4.96. The van der Waals surface area contributed by atoms with Crippen molar-refractivity contribution in [2.24, 2.45) is 0 Å². The van der Waals surface area contributed by atoms with Crippen molar-refractivity contribution in [2.45, 2.75) is 6.04 Å². The van der Waals surface area contributed by atoms with Gasteiger partial charge in [-0.15, -0.1) is 11.3 Å². The molecule has 1 aliphatic rings. The minimum atomic E-state index is 0.0685. The Morgan fingerprint density at radius 2 is 1.52 bits per heavy atom. The number of hydrogen-bond acceptors (Lipinski definition) is 4. The Morgan fingerprint density at radius 1 is 0.759 bits per heavy atom. The number of hydrogen-bond donors (Lipinski definition) is 1. The fourth-order valence-corrected chi connectivity index (χ4v) is 5.27. The van der Waals surface area contributed by atoms with Gasteiger partial charge in [0.05, 0.1) is 6.04 Å². The second-order valence-electron chi connectivity index (χ2n) is 7.50. The molecule has 0 saturated carbocycles. The summed E-state index contributed by atoms with van der Waals surface area (Å²) in [6, 6.07) is 27.2. The number of para-hydroxylation sites is 1. The van der Waals surface area contributed by atoms with Crippen LogP contribution in [-0.4, -0.2) is 36.2 Å². The molecule has 0 spiro atoms. The van der Waals surface area contributed by atoms with E-state index in [0.29, 0.717) is 5.75 Å². The van der Waals surface area contributed by atoms with Crippen LogP contribution in [-0.2, 0) is 0 Å². The summed E-state index contributed by atoms with van der Waals surface area (Å²) in [4.78, 5) is 6.25. The quantitative estimate of drug-likeness (QED) is 0.489. The fourth-order valence-electron chi connectivity index (χ4n) is 4.40. The van der Waals surface area contributed by atoms with E-state index < -0.39 is 0 Å². The van der Waals surface area contributed by atoms with E-state index in [1.807, 2.05) is 12.1 Å². The van der Waals surface area contributed by atoms with E-state index in [4.69, 9.17) is 0 Å². The predicted octanol–water partition coefficient (Wildman–Crippen LogP) is 5.52. The Morgan fingerprint density at radius 3 is 2.28 bits per heavy atom. The van der Waals surface area contributed by atoms with Crippen LogP contribution < -0.4 is 4.90 Å². The van der Waals surface area contributed by atoms with Crippen molar-refractivity contribution < 1.29 is 5.11 Å². The van der Waals surface area contributed by atoms with Crippen molar-refractivity contribution in [3.05, 3.63) is 94.7 Å². The zero-order valence-corrected chi connectivity index (χ0v) is 17.1. The van der Waals surface area contributed by atoms with Crippen molar-refractivity contribution >= 4 is 27.8 Å². The van der Waals surface area contributed by atoms with Gasteiger partial charge in [-0.1, -0.05) is 54.6 Å².